The van der Waals surface area contributed by atoms with E-state index in [9.17, 15) is 14.4 Å². The van der Waals surface area contributed by atoms with Gasteiger partial charge in [-0.3, -0.25) is 9.59 Å². The number of Topliss-reactive ketones (excluding diaryl/α,β-unsaturated/α-hetero) is 1. The highest BCUT2D eigenvalue weighted by Gasteiger charge is 2.37. The highest BCUT2D eigenvalue weighted by atomic mass is 35.5. The molecule has 0 radical (unpaired) electrons. The fourth-order valence-corrected chi connectivity index (χ4v) is 4.55. The number of ether oxygens (including phenoxy) is 2. The second-order valence-electron chi connectivity index (χ2n) is 8.88. The molecule has 1 aliphatic heterocycles. The minimum absolute atomic E-state index is 0.0320. The van der Waals surface area contributed by atoms with Gasteiger partial charge in [0.15, 0.2) is 11.9 Å². The van der Waals surface area contributed by atoms with Crippen LogP contribution in [-0.4, -0.2) is 49.0 Å². The Balaban J connectivity index is 2.07. The maximum atomic E-state index is 13.5. The average Bonchev–Trinajstić information content (AvgIpc) is 2.83. The number of fused-ring (bicyclic) bond motifs is 1. The van der Waals surface area contributed by atoms with E-state index in [2.05, 4.69) is 10.6 Å². The Kier molecular flexibility index (Phi) is 8.55. The summed E-state index contributed by atoms with van der Waals surface area (Å²) in [5, 5.41) is 7.84. The van der Waals surface area contributed by atoms with Crippen molar-refractivity contribution in [2.24, 2.45) is 5.92 Å². The van der Waals surface area contributed by atoms with Crippen molar-refractivity contribution in [1.29, 1.82) is 0 Å². The smallest absolute Gasteiger partial charge is 0.331 e. The molecule has 2 atom stereocenters. The Labute approximate surface area is 205 Å². The molecule has 1 saturated heterocycles. The second kappa shape index (κ2) is 11.2. The number of nitrogens with one attached hydrogen (secondary N) is 2. The number of ketones is 1. The molecule has 3 rings (SSSR count). The molecule has 0 bridgehead atoms. The summed E-state index contributed by atoms with van der Waals surface area (Å²) in [4.78, 5) is 38.7. The van der Waals surface area contributed by atoms with E-state index in [4.69, 9.17) is 21.1 Å². The fraction of sp³-hybridized carbons (Fsp3) is 0.500. The van der Waals surface area contributed by atoms with E-state index in [1.54, 1.807) is 20.8 Å². The Hall–Kier alpha value is -2.64. The van der Waals surface area contributed by atoms with Crippen LogP contribution in [0.5, 0.6) is 5.75 Å². The Morgan fingerprint density at radius 1 is 1.18 bits per heavy atom. The molecule has 1 fully saturated rings. The molecule has 0 saturated carbocycles. The molecule has 184 valence electrons. The van der Waals surface area contributed by atoms with Gasteiger partial charge < -0.3 is 20.1 Å². The number of esters is 1. The molecule has 1 aliphatic rings. The van der Waals surface area contributed by atoms with Gasteiger partial charge in [-0.25, -0.2) is 4.79 Å². The monoisotopic (exact) mass is 488 g/mol. The summed E-state index contributed by atoms with van der Waals surface area (Å²) >= 11 is 6.54. The van der Waals surface area contributed by atoms with E-state index in [0.29, 0.717) is 28.0 Å². The van der Waals surface area contributed by atoms with Crippen LogP contribution in [0.4, 0.5) is 0 Å². The van der Waals surface area contributed by atoms with Gasteiger partial charge in [-0.15, -0.1) is 0 Å². The third kappa shape index (κ3) is 5.53. The van der Waals surface area contributed by atoms with Crippen molar-refractivity contribution in [2.75, 3.05) is 19.7 Å². The van der Waals surface area contributed by atoms with Gasteiger partial charge in [0.1, 0.15) is 11.3 Å². The third-order valence-electron chi connectivity index (χ3n) is 6.47. The van der Waals surface area contributed by atoms with Gasteiger partial charge in [-0.2, -0.15) is 0 Å². The van der Waals surface area contributed by atoms with Crippen molar-refractivity contribution in [3.8, 4) is 5.75 Å². The number of benzene rings is 2. The molecule has 2 aromatic carbocycles. The SMILES string of the molecule is CCOC(=O)C(C)(CC)NC(=O)c1cc(Cl)c2ccccc2c1OC(C(C)=O)C1CCNCC1. The first-order valence-electron chi connectivity index (χ1n) is 11.8. The molecular formula is C26H33ClN2O5. The number of hydrogen-bond acceptors (Lipinski definition) is 6. The molecule has 0 aromatic heterocycles. The molecule has 0 aliphatic carbocycles. The van der Waals surface area contributed by atoms with Crippen LogP contribution in [0, 0.1) is 5.92 Å². The lowest BCUT2D eigenvalue weighted by Gasteiger charge is -2.31. The van der Waals surface area contributed by atoms with Crippen molar-refractivity contribution >= 4 is 40.0 Å². The van der Waals surface area contributed by atoms with Gasteiger partial charge in [0, 0.05) is 21.7 Å². The quantitative estimate of drug-likeness (QED) is 0.511. The van der Waals surface area contributed by atoms with Gasteiger partial charge >= 0.3 is 5.97 Å². The summed E-state index contributed by atoms with van der Waals surface area (Å²) in [6.45, 7) is 8.47. The van der Waals surface area contributed by atoms with Crippen molar-refractivity contribution < 1.29 is 23.9 Å². The van der Waals surface area contributed by atoms with Crippen LogP contribution in [-0.2, 0) is 14.3 Å². The maximum Gasteiger partial charge on any atom is 0.331 e. The Morgan fingerprint density at radius 2 is 1.82 bits per heavy atom. The highest BCUT2D eigenvalue weighted by Crippen LogP contribution is 2.37. The number of carbonyl (C=O) groups is 3. The topological polar surface area (TPSA) is 93.7 Å². The minimum atomic E-state index is -1.22. The predicted molar refractivity (Wildman–Crippen MR) is 132 cm³/mol. The molecule has 2 aromatic rings. The highest BCUT2D eigenvalue weighted by molar-refractivity contribution is 6.36. The van der Waals surface area contributed by atoms with E-state index in [0.717, 1.165) is 25.9 Å². The van der Waals surface area contributed by atoms with Crippen LogP contribution in [0.2, 0.25) is 5.02 Å². The summed E-state index contributed by atoms with van der Waals surface area (Å²) in [5.41, 5.74) is -1.05. The lowest BCUT2D eigenvalue weighted by atomic mass is 9.90. The first-order valence-corrected chi connectivity index (χ1v) is 12.2. The average molecular weight is 489 g/mol. The molecule has 1 amide bonds. The fourth-order valence-electron chi connectivity index (χ4n) is 4.28. The number of piperidine rings is 1. The Morgan fingerprint density at radius 3 is 2.41 bits per heavy atom. The number of carbonyl (C=O) groups excluding carboxylic acids is 3. The van der Waals surface area contributed by atoms with Crippen LogP contribution in [0.3, 0.4) is 0 Å². The van der Waals surface area contributed by atoms with Crippen molar-refractivity contribution in [1.82, 2.24) is 10.6 Å². The van der Waals surface area contributed by atoms with E-state index in [1.165, 1.54) is 13.0 Å². The number of hydrogen-bond donors (Lipinski definition) is 2. The summed E-state index contributed by atoms with van der Waals surface area (Å²) in [7, 11) is 0. The van der Waals surface area contributed by atoms with Crippen LogP contribution >= 0.6 is 11.6 Å². The van der Waals surface area contributed by atoms with E-state index < -0.39 is 23.5 Å². The number of halogens is 1. The molecule has 2 N–H and O–H groups in total. The number of amides is 1. The van der Waals surface area contributed by atoms with Gasteiger partial charge in [-0.05, 0) is 59.2 Å². The third-order valence-corrected chi connectivity index (χ3v) is 6.78. The van der Waals surface area contributed by atoms with Gasteiger partial charge in [-0.1, -0.05) is 42.8 Å². The summed E-state index contributed by atoms with van der Waals surface area (Å²) in [6.07, 6.45) is 1.24. The van der Waals surface area contributed by atoms with Gasteiger partial charge in [0.05, 0.1) is 12.2 Å². The first-order chi connectivity index (χ1) is 16.2. The molecule has 7 nitrogen and oxygen atoms in total. The van der Waals surface area contributed by atoms with Crippen molar-refractivity contribution in [3.05, 3.63) is 40.9 Å². The van der Waals surface area contributed by atoms with Crippen molar-refractivity contribution in [2.45, 2.75) is 58.6 Å². The second-order valence-corrected chi connectivity index (χ2v) is 9.28. The van der Waals surface area contributed by atoms with Crippen LogP contribution in [0.25, 0.3) is 10.8 Å². The predicted octanol–water partition coefficient (Wildman–Crippen LogP) is 4.29. The summed E-state index contributed by atoms with van der Waals surface area (Å²) in [5.74, 6) is -0.811. The van der Waals surface area contributed by atoms with E-state index in [1.807, 2.05) is 24.3 Å². The molecule has 34 heavy (non-hydrogen) atoms. The normalized spacial score (nSPS) is 17.0. The van der Waals surface area contributed by atoms with Crippen LogP contribution in [0.1, 0.15) is 57.3 Å². The molecular weight excluding hydrogens is 456 g/mol. The number of rotatable bonds is 9. The van der Waals surface area contributed by atoms with Crippen LogP contribution < -0.4 is 15.4 Å². The maximum absolute atomic E-state index is 13.5. The summed E-state index contributed by atoms with van der Waals surface area (Å²) in [6, 6.07) is 8.87. The van der Waals surface area contributed by atoms with E-state index in [-0.39, 0.29) is 23.9 Å². The zero-order valence-electron chi connectivity index (χ0n) is 20.2. The first kappa shape index (κ1) is 26.0. The van der Waals surface area contributed by atoms with Crippen molar-refractivity contribution in [3.63, 3.8) is 0 Å². The summed E-state index contributed by atoms with van der Waals surface area (Å²) < 4.78 is 11.6. The minimum Gasteiger partial charge on any atom is -0.481 e. The molecule has 0 spiro atoms. The standard InChI is InChI=1S/C26H33ClN2O5/c1-5-26(4,25(32)33-6-2)29-24(31)20-15-21(27)18-9-7-8-10-19(18)23(20)34-22(16(3)30)17-11-13-28-14-12-17/h7-10,15,17,22,28H,5-6,11-14H2,1-4H3,(H,29,31). The lowest BCUT2D eigenvalue weighted by Crippen LogP contribution is -2.52. The Bertz CT molecular complexity index is 1070. The molecule has 2 unspecified atom stereocenters. The van der Waals surface area contributed by atoms with Gasteiger partial charge in [0.2, 0.25) is 0 Å². The molecule has 1 heterocycles. The zero-order chi connectivity index (χ0) is 24.9. The lowest BCUT2D eigenvalue weighted by molar-refractivity contribution is -0.150. The van der Waals surface area contributed by atoms with E-state index >= 15 is 0 Å². The molecule has 8 heteroatoms. The van der Waals surface area contributed by atoms with Gasteiger partial charge in [0.25, 0.3) is 5.91 Å². The zero-order valence-corrected chi connectivity index (χ0v) is 21.0. The largest absolute Gasteiger partial charge is 0.481 e. The van der Waals surface area contributed by atoms with Crippen LogP contribution in [0.15, 0.2) is 30.3 Å².